The standard InChI is InChI=1S/C15H24N2O/c1-10(2)11-3-5-12(6-4-11)15(18)13-9-17-8-7-14(13)16/h7-12,15,18H,3-6H2,1-2H3,(H2,16,17). The molecule has 1 unspecified atom stereocenters. The largest absolute Gasteiger partial charge is 0.398 e. The van der Waals surface area contributed by atoms with E-state index in [9.17, 15) is 5.11 Å². The number of pyridine rings is 1. The number of nitrogens with zero attached hydrogens (tertiary/aromatic N) is 1. The van der Waals surface area contributed by atoms with E-state index in [4.69, 9.17) is 5.73 Å². The molecule has 3 heteroatoms. The Morgan fingerprint density at radius 1 is 1.22 bits per heavy atom. The molecule has 1 aromatic heterocycles. The van der Waals surface area contributed by atoms with Crippen molar-refractivity contribution in [1.82, 2.24) is 4.98 Å². The van der Waals surface area contributed by atoms with Gasteiger partial charge in [0.2, 0.25) is 0 Å². The fourth-order valence-electron chi connectivity index (χ4n) is 3.05. The van der Waals surface area contributed by atoms with Crippen molar-refractivity contribution in [2.75, 3.05) is 5.73 Å². The highest BCUT2D eigenvalue weighted by Crippen LogP contribution is 2.40. The van der Waals surface area contributed by atoms with Gasteiger partial charge in [0.15, 0.2) is 0 Å². The van der Waals surface area contributed by atoms with Gasteiger partial charge in [-0.3, -0.25) is 4.98 Å². The van der Waals surface area contributed by atoms with E-state index < -0.39 is 6.10 Å². The molecule has 1 atom stereocenters. The minimum absolute atomic E-state index is 0.339. The van der Waals surface area contributed by atoms with Crippen LogP contribution in [-0.2, 0) is 0 Å². The average Bonchev–Trinajstić information content (AvgIpc) is 2.38. The van der Waals surface area contributed by atoms with E-state index in [1.54, 1.807) is 18.5 Å². The SMILES string of the molecule is CC(C)C1CCC(C(O)c2cnccc2N)CC1. The summed E-state index contributed by atoms with van der Waals surface area (Å²) in [5.74, 6) is 1.91. The van der Waals surface area contributed by atoms with Crippen LogP contribution in [-0.4, -0.2) is 10.1 Å². The fraction of sp³-hybridized carbons (Fsp3) is 0.667. The van der Waals surface area contributed by atoms with Crippen LogP contribution in [0.15, 0.2) is 18.5 Å². The number of nitrogens with two attached hydrogens (primary N) is 1. The van der Waals surface area contributed by atoms with Gasteiger partial charge >= 0.3 is 0 Å². The van der Waals surface area contributed by atoms with Gasteiger partial charge in [-0.15, -0.1) is 0 Å². The summed E-state index contributed by atoms with van der Waals surface area (Å²) >= 11 is 0. The highest BCUT2D eigenvalue weighted by molar-refractivity contribution is 5.45. The average molecular weight is 248 g/mol. The summed E-state index contributed by atoms with van der Waals surface area (Å²) in [4.78, 5) is 4.06. The highest BCUT2D eigenvalue weighted by Gasteiger charge is 2.29. The zero-order chi connectivity index (χ0) is 13.1. The van der Waals surface area contributed by atoms with Gasteiger partial charge < -0.3 is 10.8 Å². The molecule has 3 N–H and O–H groups in total. The van der Waals surface area contributed by atoms with E-state index in [0.29, 0.717) is 11.6 Å². The third kappa shape index (κ3) is 2.83. The highest BCUT2D eigenvalue weighted by atomic mass is 16.3. The van der Waals surface area contributed by atoms with E-state index in [1.807, 2.05) is 0 Å². The van der Waals surface area contributed by atoms with Gasteiger partial charge in [0, 0.05) is 23.6 Å². The normalized spacial score (nSPS) is 26.2. The Balaban J connectivity index is 2.00. The van der Waals surface area contributed by atoms with Crippen molar-refractivity contribution >= 4 is 5.69 Å². The molecular formula is C15H24N2O. The summed E-state index contributed by atoms with van der Waals surface area (Å²) in [5.41, 5.74) is 7.36. The van der Waals surface area contributed by atoms with Crippen molar-refractivity contribution in [3.63, 3.8) is 0 Å². The molecule has 0 spiro atoms. The summed E-state index contributed by atoms with van der Waals surface area (Å²) in [6.45, 7) is 4.58. The van der Waals surface area contributed by atoms with Crippen molar-refractivity contribution in [3.05, 3.63) is 24.0 Å². The van der Waals surface area contributed by atoms with Crippen LogP contribution in [0.3, 0.4) is 0 Å². The van der Waals surface area contributed by atoms with Crippen LogP contribution in [0.1, 0.15) is 51.2 Å². The summed E-state index contributed by atoms with van der Waals surface area (Å²) < 4.78 is 0. The number of aliphatic hydroxyl groups excluding tert-OH is 1. The molecule has 1 saturated carbocycles. The van der Waals surface area contributed by atoms with E-state index in [1.165, 1.54) is 12.8 Å². The maximum absolute atomic E-state index is 10.4. The lowest BCUT2D eigenvalue weighted by Gasteiger charge is -2.33. The molecule has 18 heavy (non-hydrogen) atoms. The van der Waals surface area contributed by atoms with Crippen LogP contribution in [0.4, 0.5) is 5.69 Å². The second kappa shape index (κ2) is 5.70. The number of aromatic nitrogens is 1. The van der Waals surface area contributed by atoms with Crippen LogP contribution in [0, 0.1) is 17.8 Å². The number of aliphatic hydroxyl groups is 1. The molecule has 1 aliphatic carbocycles. The minimum Gasteiger partial charge on any atom is -0.398 e. The quantitative estimate of drug-likeness (QED) is 0.863. The van der Waals surface area contributed by atoms with Gasteiger partial charge in [-0.1, -0.05) is 13.8 Å². The smallest absolute Gasteiger partial charge is 0.0853 e. The zero-order valence-electron chi connectivity index (χ0n) is 11.3. The molecule has 3 nitrogen and oxygen atoms in total. The minimum atomic E-state index is -0.452. The second-order valence-corrected chi connectivity index (χ2v) is 5.87. The Morgan fingerprint density at radius 3 is 2.39 bits per heavy atom. The summed E-state index contributed by atoms with van der Waals surface area (Å²) in [7, 11) is 0. The van der Waals surface area contributed by atoms with Gasteiger partial charge in [-0.05, 0) is 49.5 Å². The molecule has 1 heterocycles. The van der Waals surface area contributed by atoms with E-state index >= 15 is 0 Å². The van der Waals surface area contributed by atoms with E-state index in [2.05, 4.69) is 18.8 Å². The topological polar surface area (TPSA) is 59.1 Å². The van der Waals surface area contributed by atoms with Crippen LogP contribution >= 0.6 is 0 Å². The predicted octanol–water partition coefficient (Wildman–Crippen LogP) is 3.16. The summed E-state index contributed by atoms with van der Waals surface area (Å²) in [6, 6.07) is 1.76. The molecule has 0 amide bonds. The van der Waals surface area contributed by atoms with Crippen LogP contribution < -0.4 is 5.73 Å². The number of nitrogen functional groups attached to an aromatic ring is 1. The first-order chi connectivity index (χ1) is 8.59. The summed E-state index contributed by atoms with van der Waals surface area (Å²) in [5, 5.41) is 10.4. The molecule has 0 bridgehead atoms. The van der Waals surface area contributed by atoms with Crippen molar-refractivity contribution in [3.8, 4) is 0 Å². The monoisotopic (exact) mass is 248 g/mol. The molecule has 1 aromatic rings. The molecule has 2 rings (SSSR count). The van der Waals surface area contributed by atoms with Gasteiger partial charge in [0.25, 0.3) is 0 Å². The number of hydrogen-bond donors (Lipinski definition) is 2. The number of rotatable bonds is 3. The van der Waals surface area contributed by atoms with Gasteiger partial charge in [-0.25, -0.2) is 0 Å². The zero-order valence-corrected chi connectivity index (χ0v) is 11.3. The molecule has 0 radical (unpaired) electrons. The maximum atomic E-state index is 10.4. The van der Waals surface area contributed by atoms with E-state index in [-0.39, 0.29) is 0 Å². The summed E-state index contributed by atoms with van der Waals surface area (Å²) in [6.07, 6.45) is 7.55. The van der Waals surface area contributed by atoms with Gasteiger partial charge in [-0.2, -0.15) is 0 Å². The third-order valence-electron chi connectivity index (χ3n) is 4.41. The van der Waals surface area contributed by atoms with Crippen molar-refractivity contribution < 1.29 is 5.11 Å². The first-order valence-electron chi connectivity index (χ1n) is 6.97. The molecule has 0 saturated heterocycles. The van der Waals surface area contributed by atoms with Gasteiger partial charge in [0.1, 0.15) is 0 Å². The molecular weight excluding hydrogens is 224 g/mol. The maximum Gasteiger partial charge on any atom is 0.0853 e. The van der Waals surface area contributed by atoms with Crippen molar-refractivity contribution in [2.45, 2.75) is 45.6 Å². The first-order valence-corrected chi connectivity index (χ1v) is 6.97. The predicted molar refractivity (Wildman–Crippen MR) is 73.9 cm³/mol. The Morgan fingerprint density at radius 2 is 1.83 bits per heavy atom. The lowest BCUT2D eigenvalue weighted by molar-refractivity contribution is 0.0671. The van der Waals surface area contributed by atoms with E-state index in [0.717, 1.165) is 30.2 Å². The van der Waals surface area contributed by atoms with Crippen molar-refractivity contribution in [2.24, 2.45) is 17.8 Å². The molecule has 100 valence electrons. The molecule has 1 aliphatic rings. The Hall–Kier alpha value is -1.09. The lowest BCUT2D eigenvalue weighted by Crippen LogP contribution is -2.23. The lowest BCUT2D eigenvalue weighted by atomic mass is 9.74. The fourth-order valence-corrected chi connectivity index (χ4v) is 3.05. The molecule has 1 fully saturated rings. The first kappa shape index (κ1) is 13.3. The molecule has 0 aromatic carbocycles. The third-order valence-corrected chi connectivity index (χ3v) is 4.41. The Labute approximate surface area is 109 Å². The Kier molecular flexibility index (Phi) is 4.23. The second-order valence-electron chi connectivity index (χ2n) is 5.87. The Bertz CT molecular complexity index is 384. The molecule has 0 aliphatic heterocycles. The van der Waals surface area contributed by atoms with Crippen LogP contribution in [0.2, 0.25) is 0 Å². The number of anilines is 1. The van der Waals surface area contributed by atoms with Crippen LogP contribution in [0.25, 0.3) is 0 Å². The number of hydrogen-bond acceptors (Lipinski definition) is 3. The van der Waals surface area contributed by atoms with Crippen molar-refractivity contribution in [1.29, 1.82) is 0 Å². The van der Waals surface area contributed by atoms with Crippen LogP contribution in [0.5, 0.6) is 0 Å². The van der Waals surface area contributed by atoms with Gasteiger partial charge in [0.05, 0.1) is 6.10 Å².